The Bertz CT molecular complexity index is 1070. The summed E-state index contributed by atoms with van der Waals surface area (Å²) in [7, 11) is 0. The third-order valence-electron chi connectivity index (χ3n) is 5.36. The molecule has 1 aliphatic heterocycles. The number of nitrogens with zero attached hydrogens (tertiary/aromatic N) is 2. The standard InChI is InChI=1S/C24H21F3N2O2/c1-23(2)21(17-10-9-15-20(16-17)31-24(25,26)27)28(18-11-5-3-6-12-18)22(30)29(23)19-13-7-4-8-14-19/h3-16,21H,1-2H3/t21-/m1/s1. The van der Waals surface area contributed by atoms with Crippen LogP contribution in [0.5, 0.6) is 5.75 Å². The van der Waals surface area contributed by atoms with Crippen molar-refractivity contribution < 1.29 is 22.7 Å². The van der Waals surface area contributed by atoms with Gasteiger partial charge in [0.15, 0.2) is 0 Å². The molecule has 1 atom stereocenters. The summed E-state index contributed by atoms with van der Waals surface area (Å²) in [6.45, 7) is 3.81. The highest BCUT2D eigenvalue weighted by Gasteiger charge is 2.53. The van der Waals surface area contributed by atoms with Crippen LogP contribution in [0.15, 0.2) is 84.9 Å². The number of carbonyl (C=O) groups is 1. The molecule has 7 heteroatoms. The monoisotopic (exact) mass is 426 g/mol. The molecule has 1 saturated heterocycles. The summed E-state index contributed by atoms with van der Waals surface area (Å²) >= 11 is 0. The Labute approximate surface area is 178 Å². The number of rotatable bonds is 4. The first kappa shape index (κ1) is 20.8. The van der Waals surface area contributed by atoms with E-state index >= 15 is 0 Å². The van der Waals surface area contributed by atoms with Gasteiger partial charge in [-0.1, -0.05) is 48.5 Å². The van der Waals surface area contributed by atoms with Gasteiger partial charge in [0.2, 0.25) is 0 Å². The van der Waals surface area contributed by atoms with Crippen LogP contribution >= 0.6 is 0 Å². The average Bonchev–Trinajstić information content (AvgIpc) is 2.93. The summed E-state index contributed by atoms with van der Waals surface area (Å²) < 4.78 is 42.5. The van der Waals surface area contributed by atoms with Gasteiger partial charge in [-0.05, 0) is 55.8 Å². The van der Waals surface area contributed by atoms with Crippen molar-refractivity contribution in [3.8, 4) is 5.75 Å². The van der Waals surface area contributed by atoms with Crippen LogP contribution < -0.4 is 14.5 Å². The van der Waals surface area contributed by atoms with E-state index in [4.69, 9.17) is 0 Å². The van der Waals surface area contributed by atoms with Crippen molar-refractivity contribution in [2.75, 3.05) is 9.80 Å². The number of hydrogen-bond donors (Lipinski definition) is 0. The van der Waals surface area contributed by atoms with E-state index in [1.54, 1.807) is 15.9 Å². The molecule has 0 aliphatic carbocycles. The lowest BCUT2D eigenvalue weighted by atomic mass is 9.87. The molecular formula is C24H21F3N2O2. The van der Waals surface area contributed by atoms with Gasteiger partial charge in [0, 0.05) is 11.4 Å². The molecule has 0 saturated carbocycles. The molecule has 0 N–H and O–H groups in total. The van der Waals surface area contributed by atoms with E-state index in [1.165, 1.54) is 18.2 Å². The zero-order valence-electron chi connectivity index (χ0n) is 17.0. The molecule has 160 valence electrons. The number of amides is 2. The maximum Gasteiger partial charge on any atom is 0.573 e. The fourth-order valence-electron chi connectivity index (χ4n) is 4.21. The predicted molar refractivity (Wildman–Crippen MR) is 113 cm³/mol. The molecule has 4 nitrogen and oxygen atoms in total. The van der Waals surface area contributed by atoms with Crippen molar-refractivity contribution in [1.82, 2.24) is 0 Å². The highest BCUT2D eigenvalue weighted by atomic mass is 19.4. The molecule has 31 heavy (non-hydrogen) atoms. The Balaban J connectivity index is 1.85. The van der Waals surface area contributed by atoms with Gasteiger partial charge in [-0.25, -0.2) is 4.79 Å². The van der Waals surface area contributed by atoms with Crippen LogP contribution in [-0.4, -0.2) is 17.9 Å². The van der Waals surface area contributed by atoms with Gasteiger partial charge in [-0.15, -0.1) is 13.2 Å². The number of alkyl halides is 3. The normalized spacial score (nSPS) is 18.4. The zero-order valence-corrected chi connectivity index (χ0v) is 17.0. The summed E-state index contributed by atoms with van der Waals surface area (Å²) in [6, 6.07) is 23.3. The van der Waals surface area contributed by atoms with Gasteiger partial charge in [-0.2, -0.15) is 0 Å². The number of carbonyl (C=O) groups excluding carboxylic acids is 1. The van der Waals surface area contributed by atoms with E-state index in [-0.39, 0.29) is 11.8 Å². The van der Waals surface area contributed by atoms with Crippen molar-refractivity contribution in [2.45, 2.75) is 31.8 Å². The lowest BCUT2D eigenvalue weighted by Crippen LogP contribution is -2.43. The lowest BCUT2D eigenvalue weighted by molar-refractivity contribution is -0.274. The highest BCUT2D eigenvalue weighted by Crippen LogP contribution is 2.48. The smallest absolute Gasteiger partial charge is 0.406 e. The third kappa shape index (κ3) is 3.95. The molecule has 3 aromatic rings. The Morgan fingerprint density at radius 2 is 1.42 bits per heavy atom. The molecule has 0 unspecified atom stereocenters. The number of benzene rings is 3. The van der Waals surface area contributed by atoms with Crippen LogP contribution in [0.1, 0.15) is 25.5 Å². The third-order valence-corrected chi connectivity index (χ3v) is 5.36. The largest absolute Gasteiger partial charge is 0.573 e. The fraction of sp³-hybridized carbons (Fsp3) is 0.208. The van der Waals surface area contributed by atoms with E-state index in [0.717, 1.165) is 0 Å². The SMILES string of the molecule is CC1(C)[C@@H](c2cccc(OC(F)(F)F)c2)N(c2ccccc2)C(=O)N1c1ccccc1. The summed E-state index contributed by atoms with van der Waals surface area (Å²) in [5, 5.41) is 0. The molecule has 1 fully saturated rings. The molecule has 0 bridgehead atoms. The van der Waals surface area contributed by atoms with E-state index in [1.807, 2.05) is 74.5 Å². The van der Waals surface area contributed by atoms with E-state index in [0.29, 0.717) is 16.9 Å². The van der Waals surface area contributed by atoms with Crippen molar-refractivity contribution in [1.29, 1.82) is 0 Å². The molecule has 1 aliphatic rings. The van der Waals surface area contributed by atoms with Crippen LogP contribution in [0.25, 0.3) is 0 Å². The molecule has 1 heterocycles. The molecule has 0 radical (unpaired) electrons. The van der Waals surface area contributed by atoms with Gasteiger partial charge in [0.05, 0.1) is 11.6 Å². The van der Waals surface area contributed by atoms with Crippen LogP contribution in [0, 0.1) is 0 Å². The topological polar surface area (TPSA) is 32.8 Å². The van der Waals surface area contributed by atoms with Gasteiger partial charge in [0.25, 0.3) is 0 Å². The number of para-hydroxylation sites is 2. The van der Waals surface area contributed by atoms with Gasteiger partial charge in [0.1, 0.15) is 5.75 Å². The van der Waals surface area contributed by atoms with E-state index in [9.17, 15) is 18.0 Å². The number of ether oxygens (including phenoxy) is 1. The van der Waals surface area contributed by atoms with Crippen molar-refractivity contribution in [3.63, 3.8) is 0 Å². The highest BCUT2D eigenvalue weighted by molar-refractivity contribution is 6.08. The van der Waals surface area contributed by atoms with Crippen LogP contribution in [0.2, 0.25) is 0 Å². The second kappa shape index (κ2) is 7.65. The van der Waals surface area contributed by atoms with Gasteiger partial charge in [-0.3, -0.25) is 9.80 Å². The number of anilines is 2. The zero-order chi connectivity index (χ0) is 22.2. The number of halogens is 3. The summed E-state index contributed by atoms with van der Waals surface area (Å²) in [5.74, 6) is -0.320. The van der Waals surface area contributed by atoms with Gasteiger partial charge >= 0.3 is 12.4 Å². The quantitative estimate of drug-likeness (QED) is 0.474. The molecular weight excluding hydrogens is 405 g/mol. The first-order chi connectivity index (χ1) is 14.7. The summed E-state index contributed by atoms with van der Waals surface area (Å²) in [5.41, 5.74) is 1.14. The maximum atomic E-state index is 13.7. The minimum absolute atomic E-state index is 0.255. The second-order valence-corrected chi connectivity index (χ2v) is 7.84. The Morgan fingerprint density at radius 1 is 0.839 bits per heavy atom. The summed E-state index contributed by atoms with van der Waals surface area (Å²) in [4.78, 5) is 17.0. The van der Waals surface area contributed by atoms with E-state index < -0.39 is 17.9 Å². The minimum Gasteiger partial charge on any atom is -0.406 e. The minimum atomic E-state index is -4.80. The van der Waals surface area contributed by atoms with Crippen LogP contribution in [-0.2, 0) is 0 Å². The van der Waals surface area contributed by atoms with Crippen LogP contribution in [0.3, 0.4) is 0 Å². The maximum absolute atomic E-state index is 13.7. The second-order valence-electron chi connectivity index (χ2n) is 7.84. The Kier molecular flexibility index (Phi) is 5.13. The first-order valence-corrected chi connectivity index (χ1v) is 9.78. The Hall–Kier alpha value is -3.48. The average molecular weight is 426 g/mol. The molecule has 4 rings (SSSR count). The van der Waals surface area contributed by atoms with Crippen molar-refractivity contribution in [2.24, 2.45) is 0 Å². The summed E-state index contributed by atoms with van der Waals surface area (Å²) in [6.07, 6.45) is -4.80. The molecule has 3 aromatic carbocycles. The van der Waals surface area contributed by atoms with Crippen LogP contribution in [0.4, 0.5) is 29.3 Å². The lowest BCUT2D eigenvalue weighted by Gasteiger charge is -2.35. The molecule has 0 aromatic heterocycles. The molecule has 2 amide bonds. The first-order valence-electron chi connectivity index (χ1n) is 9.78. The van der Waals surface area contributed by atoms with Crippen molar-refractivity contribution >= 4 is 17.4 Å². The van der Waals surface area contributed by atoms with E-state index in [2.05, 4.69) is 4.74 Å². The predicted octanol–water partition coefficient (Wildman–Crippen LogP) is 6.55. The van der Waals surface area contributed by atoms with Gasteiger partial charge < -0.3 is 4.74 Å². The fourth-order valence-corrected chi connectivity index (χ4v) is 4.21. The molecule has 0 spiro atoms. The number of hydrogen-bond acceptors (Lipinski definition) is 2. The Morgan fingerprint density at radius 3 is 2.00 bits per heavy atom. The number of urea groups is 1. The van der Waals surface area contributed by atoms with Crippen molar-refractivity contribution in [3.05, 3.63) is 90.5 Å².